The van der Waals surface area contributed by atoms with Crippen molar-refractivity contribution in [2.45, 2.75) is 31.8 Å². The first-order chi connectivity index (χ1) is 20.2. The molecule has 0 saturated carbocycles. The standard InChI is InChI=1S/C29H28F3N5O5/c30-29(31,32)21-3-1-20(2-4-21)26-10-9-24(41-26)17-34-13-15-35(16-14-34)22-5-7-23(8-6-22)40-19-25-11-12-36-18-27(37(38)39)33-28(36)42-25/h1-10,18,25H,11-17,19H2. The molecule has 2 aliphatic rings. The molecular weight excluding hydrogens is 555 g/mol. The Balaban J connectivity index is 0.959. The predicted molar refractivity (Wildman–Crippen MR) is 146 cm³/mol. The summed E-state index contributed by atoms with van der Waals surface area (Å²) in [7, 11) is 0. The normalized spacial score (nSPS) is 17.5. The molecule has 13 heteroatoms. The van der Waals surface area contributed by atoms with Crippen molar-refractivity contribution < 1.29 is 32.0 Å². The summed E-state index contributed by atoms with van der Waals surface area (Å²) in [6.45, 7) is 4.85. The van der Waals surface area contributed by atoms with E-state index in [0.29, 0.717) is 43.2 Å². The van der Waals surface area contributed by atoms with Gasteiger partial charge in [-0.15, -0.1) is 0 Å². The Labute approximate surface area is 239 Å². The number of fused-ring (bicyclic) bond motifs is 1. The lowest BCUT2D eigenvalue weighted by molar-refractivity contribution is -0.389. The number of furan rings is 1. The summed E-state index contributed by atoms with van der Waals surface area (Å²) in [5.74, 6) is 1.80. The topological polar surface area (TPSA) is 99.0 Å². The van der Waals surface area contributed by atoms with Gasteiger partial charge >= 0.3 is 18.0 Å². The quantitative estimate of drug-likeness (QED) is 0.195. The average Bonchev–Trinajstić information content (AvgIpc) is 3.64. The molecule has 0 radical (unpaired) electrons. The Kier molecular flexibility index (Phi) is 7.50. The molecule has 2 aliphatic heterocycles. The zero-order valence-electron chi connectivity index (χ0n) is 22.5. The van der Waals surface area contributed by atoms with Crippen LogP contribution >= 0.6 is 0 Å². The van der Waals surface area contributed by atoms with Gasteiger partial charge in [-0.2, -0.15) is 13.2 Å². The minimum absolute atomic E-state index is 0.227. The minimum Gasteiger partial charge on any atom is -0.490 e. The summed E-state index contributed by atoms with van der Waals surface area (Å²) in [6, 6.07) is 16.8. The smallest absolute Gasteiger partial charge is 0.416 e. The molecular formula is C29H28F3N5O5. The fourth-order valence-corrected chi connectivity index (χ4v) is 5.10. The van der Waals surface area contributed by atoms with Crippen molar-refractivity contribution in [2.24, 2.45) is 0 Å². The minimum atomic E-state index is -4.36. The first-order valence-corrected chi connectivity index (χ1v) is 13.6. The number of aryl methyl sites for hydroxylation is 1. The van der Waals surface area contributed by atoms with Crippen molar-refractivity contribution >= 4 is 11.5 Å². The van der Waals surface area contributed by atoms with Gasteiger partial charge in [-0.25, -0.2) is 0 Å². The number of nitrogens with zero attached hydrogens (tertiary/aromatic N) is 5. The lowest BCUT2D eigenvalue weighted by Crippen LogP contribution is -2.45. The first-order valence-electron chi connectivity index (χ1n) is 13.6. The SMILES string of the molecule is O=[N+]([O-])c1cn2c(n1)OC(COc1ccc(N3CCN(Cc4ccc(-c5ccc(C(F)(F)F)cc5)o4)CC3)cc1)CC2. The number of imidazole rings is 1. The van der Waals surface area contributed by atoms with E-state index in [1.165, 1.54) is 18.3 Å². The van der Waals surface area contributed by atoms with E-state index in [1.807, 2.05) is 30.3 Å². The summed E-state index contributed by atoms with van der Waals surface area (Å²) >= 11 is 0. The number of hydrogen-bond donors (Lipinski definition) is 0. The maximum atomic E-state index is 12.8. The summed E-state index contributed by atoms with van der Waals surface area (Å²) in [6.07, 6.45) is -2.56. The van der Waals surface area contributed by atoms with Crippen LogP contribution in [0.2, 0.25) is 0 Å². The number of anilines is 1. The molecule has 4 heterocycles. The number of nitro groups is 1. The molecule has 0 amide bonds. The Hall–Kier alpha value is -4.52. The molecule has 42 heavy (non-hydrogen) atoms. The number of piperazine rings is 1. The van der Waals surface area contributed by atoms with Gasteiger partial charge in [0.2, 0.25) is 0 Å². The van der Waals surface area contributed by atoms with Crippen LogP contribution < -0.4 is 14.4 Å². The van der Waals surface area contributed by atoms with E-state index in [2.05, 4.69) is 14.8 Å². The van der Waals surface area contributed by atoms with Crippen LogP contribution in [0.1, 0.15) is 17.7 Å². The second-order valence-corrected chi connectivity index (χ2v) is 10.3. The monoisotopic (exact) mass is 583 g/mol. The molecule has 6 rings (SSSR count). The first kappa shape index (κ1) is 27.6. The summed E-state index contributed by atoms with van der Waals surface area (Å²) in [5, 5.41) is 10.9. The maximum Gasteiger partial charge on any atom is 0.416 e. The summed E-state index contributed by atoms with van der Waals surface area (Å²) < 4.78 is 57.7. The van der Waals surface area contributed by atoms with Crippen LogP contribution in [0.5, 0.6) is 11.8 Å². The van der Waals surface area contributed by atoms with E-state index in [0.717, 1.165) is 49.8 Å². The second-order valence-electron chi connectivity index (χ2n) is 10.3. The third-order valence-corrected chi connectivity index (χ3v) is 7.43. The Morgan fingerprint density at radius 2 is 1.71 bits per heavy atom. The molecule has 2 aromatic carbocycles. The molecule has 0 aliphatic carbocycles. The molecule has 0 bridgehead atoms. The highest BCUT2D eigenvalue weighted by atomic mass is 19.4. The number of hydrogen-bond acceptors (Lipinski definition) is 8. The molecule has 1 saturated heterocycles. The zero-order chi connectivity index (χ0) is 29.3. The van der Waals surface area contributed by atoms with Crippen molar-refractivity contribution in [3.8, 4) is 23.1 Å². The van der Waals surface area contributed by atoms with Crippen molar-refractivity contribution in [1.82, 2.24) is 14.5 Å². The van der Waals surface area contributed by atoms with Crippen molar-refractivity contribution in [2.75, 3.05) is 37.7 Å². The predicted octanol–water partition coefficient (Wildman–Crippen LogP) is 5.62. The fraction of sp³-hybridized carbons (Fsp3) is 0.345. The number of benzene rings is 2. The van der Waals surface area contributed by atoms with Gasteiger partial charge < -0.3 is 28.9 Å². The lowest BCUT2D eigenvalue weighted by Gasteiger charge is -2.35. The molecule has 1 fully saturated rings. The van der Waals surface area contributed by atoms with E-state index < -0.39 is 16.7 Å². The Morgan fingerprint density at radius 3 is 2.40 bits per heavy atom. The van der Waals surface area contributed by atoms with Gasteiger partial charge in [-0.3, -0.25) is 9.47 Å². The maximum absolute atomic E-state index is 12.8. The van der Waals surface area contributed by atoms with Gasteiger partial charge in [0.15, 0.2) is 0 Å². The summed E-state index contributed by atoms with van der Waals surface area (Å²) in [4.78, 5) is 18.9. The van der Waals surface area contributed by atoms with Crippen LogP contribution in [0, 0.1) is 10.1 Å². The molecule has 0 N–H and O–H groups in total. The highest BCUT2D eigenvalue weighted by Crippen LogP contribution is 2.32. The largest absolute Gasteiger partial charge is 0.490 e. The number of aromatic nitrogens is 2. The van der Waals surface area contributed by atoms with Crippen LogP contribution in [0.25, 0.3) is 11.3 Å². The number of alkyl halides is 3. The van der Waals surface area contributed by atoms with Gasteiger partial charge in [0.05, 0.1) is 12.1 Å². The third-order valence-electron chi connectivity index (χ3n) is 7.43. The van der Waals surface area contributed by atoms with Crippen LogP contribution in [0.4, 0.5) is 24.7 Å². The van der Waals surface area contributed by atoms with E-state index in [4.69, 9.17) is 13.9 Å². The van der Waals surface area contributed by atoms with Crippen LogP contribution in [0.15, 0.2) is 71.3 Å². The van der Waals surface area contributed by atoms with Crippen LogP contribution in [-0.4, -0.2) is 58.3 Å². The highest BCUT2D eigenvalue weighted by molar-refractivity contribution is 5.58. The number of rotatable bonds is 8. The molecule has 2 aromatic heterocycles. The lowest BCUT2D eigenvalue weighted by atomic mass is 10.1. The van der Waals surface area contributed by atoms with Gasteiger partial charge in [0.1, 0.15) is 36.2 Å². The fourth-order valence-electron chi connectivity index (χ4n) is 5.10. The molecule has 0 spiro atoms. The number of ether oxygens (including phenoxy) is 2. The Bertz CT molecular complexity index is 1530. The molecule has 1 unspecified atom stereocenters. The molecule has 10 nitrogen and oxygen atoms in total. The van der Waals surface area contributed by atoms with Gasteiger partial charge in [-0.1, -0.05) is 12.1 Å². The number of halogens is 3. The zero-order valence-corrected chi connectivity index (χ0v) is 22.5. The van der Waals surface area contributed by atoms with Crippen LogP contribution in [-0.2, 0) is 19.3 Å². The second kappa shape index (κ2) is 11.4. The highest BCUT2D eigenvalue weighted by Gasteiger charge is 2.30. The molecule has 220 valence electrons. The van der Waals surface area contributed by atoms with Crippen molar-refractivity contribution in [1.29, 1.82) is 0 Å². The van der Waals surface area contributed by atoms with E-state index >= 15 is 0 Å². The Morgan fingerprint density at radius 1 is 0.976 bits per heavy atom. The van der Waals surface area contributed by atoms with Gasteiger partial charge in [-0.05, 0) is 53.5 Å². The van der Waals surface area contributed by atoms with Gasteiger partial charge in [0, 0.05) is 55.4 Å². The van der Waals surface area contributed by atoms with E-state index in [-0.39, 0.29) is 17.9 Å². The van der Waals surface area contributed by atoms with E-state index in [9.17, 15) is 23.3 Å². The van der Waals surface area contributed by atoms with Crippen molar-refractivity contribution in [3.63, 3.8) is 0 Å². The van der Waals surface area contributed by atoms with E-state index in [1.54, 1.807) is 10.6 Å². The molecule has 1 atom stereocenters. The van der Waals surface area contributed by atoms with Gasteiger partial charge in [0.25, 0.3) is 0 Å². The van der Waals surface area contributed by atoms with Crippen LogP contribution in [0.3, 0.4) is 0 Å². The molecule has 4 aromatic rings. The summed E-state index contributed by atoms with van der Waals surface area (Å²) in [5.41, 5.74) is 1.02. The third kappa shape index (κ3) is 6.20. The van der Waals surface area contributed by atoms with Crippen molar-refractivity contribution in [3.05, 3.63) is 88.3 Å². The average molecular weight is 584 g/mol.